The van der Waals surface area contributed by atoms with Crippen molar-refractivity contribution in [2.24, 2.45) is 0 Å². The van der Waals surface area contributed by atoms with Gasteiger partial charge in [-0.15, -0.1) is 0 Å². The van der Waals surface area contributed by atoms with Gasteiger partial charge in [0.2, 0.25) is 0 Å². The molecule has 0 aromatic heterocycles. The Morgan fingerprint density at radius 1 is 1.53 bits per heavy atom. The van der Waals surface area contributed by atoms with Gasteiger partial charge in [0, 0.05) is 37.5 Å². The lowest BCUT2D eigenvalue weighted by Crippen LogP contribution is -2.24. The van der Waals surface area contributed by atoms with Gasteiger partial charge in [-0.05, 0) is 37.2 Å². The van der Waals surface area contributed by atoms with Crippen LogP contribution in [0, 0.1) is 0 Å². The lowest BCUT2D eigenvalue weighted by Gasteiger charge is -2.22. The maximum absolute atomic E-state index is 6.04. The Morgan fingerprint density at radius 3 is 3.00 bits per heavy atom. The minimum atomic E-state index is 0.355. The lowest BCUT2D eigenvalue weighted by molar-refractivity contribution is 0.121. The molecule has 1 atom stereocenters. The molecule has 3 nitrogen and oxygen atoms in total. The minimum absolute atomic E-state index is 0.355. The number of nitrogens with one attached hydrogen (secondary N) is 1. The van der Waals surface area contributed by atoms with Crippen molar-refractivity contribution < 1.29 is 4.74 Å². The maximum atomic E-state index is 6.04. The van der Waals surface area contributed by atoms with Crippen LogP contribution >= 0.6 is 11.6 Å². The summed E-state index contributed by atoms with van der Waals surface area (Å²) in [4.78, 5) is 2.37. The third kappa shape index (κ3) is 2.92. The van der Waals surface area contributed by atoms with E-state index in [1.807, 2.05) is 19.2 Å². The molecule has 0 amide bonds. The molecule has 1 fully saturated rings. The SMILES string of the molecule is CNCc1cc(Cl)ccc1N1CCC(OC)C1. The van der Waals surface area contributed by atoms with Crippen molar-refractivity contribution in [2.45, 2.75) is 19.1 Å². The lowest BCUT2D eigenvalue weighted by atomic mass is 10.1. The first kappa shape index (κ1) is 12.7. The molecule has 94 valence electrons. The van der Waals surface area contributed by atoms with Crippen LogP contribution in [0.5, 0.6) is 0 Å². The monoisotopic (exact) mass is 254 g/mol. The standard InChI is InChI=1S/C13H19ClN2O/c1-15-8-10-7-11(14)3-4-13(10)16-6-5-12(9-16)17-2/h3-4,7,12,15H,5-6,8-9H2,1-2H3. The van der Waals surface area contributed by atoms with E-state index in [0.717, 1.165) is 31.1 Å². The van der Waals surface area contributed by atoms with E-state index >= 15 is 0 Å². The van der Waals surface area contributed by atoms with E-state index in [9.17, 15) is 0 Å². The van der Waals surface area contributed by atoms with E-state index in [2.05, 4.69) is 16.3 Å². The highest BCUT2D eigenvalue weighted by Crippen LogP contribution is 2.28. The summed E-state index contributed by atoms with van der Waals surface area (Å²) in [7, 11) is 3.73. The second-order valence-electron chi connectivity index (χ2n) is 4.40. The Balaban J connectivity index is 2.19. The largest absolute Gasteiger partial charge is 0.380 e. The zero-order valence-corrected chi connectivity index (χ0v) is 11.1. The number of ether oxygens (including phenoxy) is 1. The van der Waals surface area contributed by atoms with Gasteiger partial charge in [0.15, 0.2) is 0 Å². The number of methoxy groups -OCH3 is 1. The van der Waals surface area contributed by atoms with E-state index in [4.69, 9.17) is 16.3 Å². The van der Waals surface area contributed by atoms with Gasteiger partial charge in [-0.3, -0.25) is 0 Å². The molecule has 0 aliphatic carbocycles. The summed E-state index contributed by atoms with van der Waals surface area (Å²) in [6, 6.07) is 6.09. The van der Waals surface area contributed by atoms with Crippen LogP contribution in [0.25, 0.3) is 0 Å². The first-order valence-corrected chi connectivity index (χ1v) is 6.33. The van der Waals surface area contributed by atoms with Crippen LogP contribution in [0.3, 0.4) is 0 Å². The molecule has 1 saturated heterocycles. The minimum Gasteiger partial charge on any atom is -0.380 e. The molecule has 0 bridgehead atoms. The third-order valence-electron chi connectivity index (χ3n) is 3.23. The number of hydrogen-bond acceptors (Lipinski definition) is 3. The van der Waals surface area contributed by atoms with Crippen molar-refractivity contribution in [3.8, 4) is 0 Å². The molecule has 0 spiro atoms. The van der Waals surface area contributed by atoms with Gasteiger partial charge in [-0.2, -0.15) is 0 Å². The van der Waals surface area contributed by atoms with Crippen molar-refractivity contribution in [2.75, 3.05) is 32.1 Å². The Kier molecular flexibility index (Phi) is 4.26. The molecular formula is C13H19ClN2O. The van der Waals surface area contributed by atoms with Gasteiger partial charge in [-0.25, -0.2) is 0 Å². The Hall–Kier alpha value is -0.770. The number of nitrogens with zero attached hydrogens (tertiary/aromatic N) is 1. The molecule has 4 heteroatoms. The summed E-state index contributed by atoms with van der Waals surface area (Å²) in [6.45, 7) is 2.86. The molecule has 17 heavy (non-hydrogen) atoms. The predicted molar refractivity (Wildman–Crippen MR) is 71.8 cm³/mol. The molecule has 2 rings (SSSR count). The summed E-state index contributed by atoms with van der Waals surface area (Å²) in [6.07, 6.45) is 1.45. The highest BCUT2D eigenvalue weighted by atomic mass is 35.5. The Morgan fingerprint density at radius 2 is 2.35 bits per heavy atom. The number of benzene rings is 1. The second-order valence-corrected chi connectivity index (χ2v) is 4.83. The van der Waals surface area contributed by atoms with Crippen molar-refractivity contribution in [1.29, 1.82) is 0 Å². The first-order valence-electron chi connectivity index (χ1n) is 5.95. The molecule has 0 saturated carbocycles. The molecule has 1 N–H and O–H groups in total. The van der Waals surface area contributed by atoms with Gasteiger partial charge in [0.25, 0.3) is 0 Å². The highest BCUT2D eigenvalue weighted by Gasteiger charge is 2.23. The van der Waals surface area contributed by atoms with E-state index in [0.29, 0.717) is 6.10 Å². The number of anilines is 1. The number of rotatable bonds is 4. The van der Waals surface area contributed by atoms with Crippen molar-refractivity contribution in [3.63, 3.8) is 0 Å². The average molecular weight is 255 g/mol. The molecule has 1 heterocycles. The fourth-order valence-electron chi connectivity index (χ4n) is 2.33. The van der Waals surface area contributed by atoms with Gasteiger partial charge in [-0.1, -0.05) is 11.6 Å². The molecule has 0 radical (unpaired) electrons. The quantitative estimate of drug-likeness (QED) is 0.892. The van der Waals surface area contributed by atoms with Crippen molar-refractivity contribution in [1.82, 2.24) is 5.32 Å². The predicted octanol–water partition coefficient (Wildman–Crippen LogP) is 2.28. The highest BCUT2D eigenvalue weighted by molar-refractivity contribution is 6.30. The van der Waals surface area contributed by atoms with Gasteiger partial charge < -0.3 is 15.0 Å². The zero-order chi connectivity index (χ0) is 12.3. The van der Waals surface area contributed by atoms with Crippen LogP contribution < -0.4 is 10.2 Å². The summed E-state index contributed by atoms with van der Waals surface area (Å²) in [5.41, 5.74) is 2.51. The van der Waals surface area contributed by atoms with Gasteiger partial charge >= 0.3 is 0 Å². The Labute approximate surface area is 108 Å². The molecule has 1 unspecified atom stereocenters. The van der Waals surface area contributed by atoms with Crippen LogP contribution in [0.15, 0.2) is 18.2 Å². The van der Waals surface area contributed by atoms with E-state index < -0.39 is 0 Å². The molecule has 1 aliphatic rings. The van der Waals surface area contributed by atoms with Gasteiger partial charge in [0.1, 0.15) is 0 Å². The normalized spacial score (nSPS) is 19.9. The molecular weight excluding hydrogens is 236 g/mol. The summed E-state index contributed by atoms with van der Waals surface area (Å²) >= 11 is 6.04. The fourth-order valence-corrected chi connectivity index (χ4v) is 2.53. The van der Waals surface area contributed by atoms with Crippen molar-refractivity contribution >= 4 is 17.3 Å². The van der Waals surface area contributed by atoms with Crippen LogP contribution in [-0.2, 0) is 11.3 Å². The number of hydrogen-bond donors (Lipinski definition) is 1. The van der Waals surface area contributed by atoms with Crippen LogP contribution in [0.4, 0.5) is 5.69 Å². The average Bonchev–Trinajstić information content (AvgIpc) is 2.78. The fraction of sp³-hybridized carbons (Fsp3) is 0.538. The van der Waals surface area contributed by atoms with Crippen LogP contribution in [0.1, 0.15) is 12.0 Å². The Bertz CT molecular complexity index is 384. The first-order chi connectivity index (χ1) is 8.24. The molecule has 1 aromatic carbocycles. The summed E-state index contributed by atoms with van der Waals surface area (Å²) in [5, 5.41) is 3.98. The van der Waals surface area contributed by atoms with Crippen LogP contribution in [0.2, 0.25) is 5.02 Å². The topological polar surface area (TPSA) is 24.5 Å². The maximum Gasteiger partial charge on any atom is 0.0762 e. The number of halogens is 1. The second kappa shape index (κ2) is 5.71. The van der Waals surface area contributed by atoms with E-state index in [1.165, 1.54) is 11.3 Å². The van der Waals surface area contributed by atoms with E-state index in [-0.39, 0.29) is 0 Å². The molecule has 1 aromatic rings. The smallest absolute Gasteiger partial charge is 0.0762 e. The summed E-state index contributed by atoms with van der Waals surface area (Å²) < 4.78 is 5.40. The van der Waals surface area contributed by atoms with Gasteiger partial charge in [0.05, 0.1) is 6.10 Å². The summed E-state index contributed by atoms with van der Waals surface area (Å²) in [5.74, 6) is 0. The van der Waals surface area contributed by atoms with E-state index in [1.54, 1.807) is 7.11 Å². The van der Waals surface area contributed by atoms with Crippen molar-refractivity contribution in [3.05, 3.63) is 28.8 Å². The molecule has 1 aliphatic heterocycles. The van der Waals surface area contributed by atoms with Crippen LogP contribution in [-0.4, -0.2) is 33.4 Å². The zero-order valence-electron chi connectivity index (χ0n) is 10.4. The third-order valence-corrected chi connectivity index (χ3v) is 3.46.